The van der Waals surface area contributed by atoms with Crippen LogP contribution in [0.15, 0.2) is 36.4 Å². The summed E-state index contributed by atoms with van der Waals surface area (Å²) in [6.07, 6.45) is -2.52. The number of fused-ring (bicyclic) bond motifs is 1. The quantitative estimate of drug-likeness (QED) is 0.459. The molecule has 11 heteroatoms. The van der Waals surface area contributed by atoms with Crippen LogP contribution in [0, 0.1) is 0 Å². The molecular formula is C25H27ClN2O8. The maximum Gasteiger partial charge on any atom is 0.305 e. The minimum Gasteiger partial charge on any atom is -0.493 e. The third-order valence-electron chi connectivity index (χ3n) is 5.55. The van der Waals surface area contributed by atoms with Gasteiger partial charge in [0.15, 0.2) is 17.3 Å². The van der Waals surface area contributed by atoms with E-state index >= 15 is 0 Å². The predicted octanol–water partition coefficient (Wildman–Crippen LogP) is 2.81. The minimum atomic E-state index is -1.19. The lowest BCUT2D eigenvalue weighted by atomic mass is 9.98. The van der Waals surface area contributed by atoms with Gasteiger partial charge in [-0.15, -0.1) is 0 Å². The second kappa shape index (κ2) is 12.4. The summed E-state index contributed by atoms with van der Waals surface area (Å²) in [6, 6.07) is 10.2. The minimum absolute atomic E-state index is 0.0683. The molecule has 0 bridgehead atoms. The summed E-state index contributed by atoms with van der Waals surface area (Å²) >= 11 is 6.25. The maximum absolute atomic E-state index is 13.0. The zero-order valence-corrected chi connectivity index (χ0v) is 20.8. The Labute approximate surface area is 213 Å². The molecule has 2 aromatic carbocycles. The van der Waals surface area contributed by atoms with E-state index in [1.54, 1.807) is 36.4 Å². The third kappa shape index (κ3) is 6.52. The van der Waals surface area contributed by atoms with Crippen LogP contribution in [0.4, 0.5) is 5.69 Å². The first-order valence-corrected chi connectivity index (χ1v) is 11.5. The van der Waals surface area contributed by atoms with Crippen molar-refractivity contribution in [2.24, 2.45) is 0 Å². The van der Waals surface area contributed by atoms with Gasteiger partial charge in [0.1, 0.15) is 12.2 Å². The molecule has 0 unspecified atom stereocenters. The summed E-state index contributed by atoms with van der Waals surface area (Å²) in [6.45, 7) is -0.285. The Bertz CT molecular complexity index is 1150. The number of ketones is 1. The number of carbonyl (C=O) groups is 4. The van der Waals surface area contributed by atoms with E-state index in [0.29, 0.717) is 33.3 Å². The second-order valence-electron chi connectivity index (χ2n) is 7.90. The summed E-state index contributed by atoms with van der Waals surface area (Å²) in [7, 11) is 4.22. The number of halogens is 1. The highest BCUT2D eigenvalue weighted by Crippen LogP contribution is 2.43. The van der Waals surface area contributed by atoms with E-state index in [1.807, 2.05) is 0 Å². The van der Waals surface area contributed by atoms with Gasteiger partial charge < -0.3 is 29.6 Å². The zero-order valence-electron chi connectivity index (χ0n) is 20.1. The number of Topliss-reactive ketones (excluding diaryl/α,β-unsaturated/α-hetero) is 1. The number of anilines is 1. The summed E-state index contributed by atoms with van der Waals surface area (Å²) in [5.74, 6) is -1.09. The molecule has 1 heterocycles. The molecule has 2 aromatic rings. The van der Waals surface area contributed by atoms with E-state index in [1.165, 1.54) is 21.3 Å². The third-order valence-corrected chi connectivity index (χ3v) is 5.79. The molecule has 2 amide bonds. The molecule has 1 aliphatic heterocycles. The highest BCUT2D eigenvalue weighted by molar-refractivity contribution is 6.30. The summed E-state index contributed by atoms with van der Waals surface area (Å²) in [5.41, 5.74) is 1.61. The normalized spacial score (nSPS) is 16.7. The summed E-state index contributed by atoms with van der Waals surface area (Å²) < 4.78 is 21.7. The van der Waals surface area contributed by atoms with Crippen molar-refractivity contribution in [2.45, 2.75) is 31.5 Å². The molecule has 0 fully saturated rings. The molecule has 0 radical (unpaired) electrons. The first-order valence-electron chi connectivity index (χ1n) is 11.1. The van der Waals surface area contributed by atoms with Crippen molar-refractivity contribution in [1.82, 2.24) is 5.32 Å². The Balaban J connectivity index is 1.83. The molecular weight excluding hydrogens is 492 g/mol. The molecule has 3 rings (SSSR count). The van der Waals surface area contributed by atoms with Crippen molar-refractivity contribution >= 4 is 40.9 Å². The molecule has 2 atom stereocenters. The number of hydrogen-bond acceptors (Lipinski definition) is 8. The van der Waals surface area contributed by atoms with E-state index in [9.17, 15) is 19.2 Å². The number of amides is 2. The van der Waals surface area contributed by atoms with Crippen LogP contribution in [0.1, 0.15) is 36.5 Å². The topological polar surface area (TPSA) is 129 Å². The Morgan fingerprint density at radius 1 is 1.06 bits per heavy atom. The fraction of sp³-hybridized carbons (Fsp3) is 0.360. The van der Waals surface area contributed by atoms with Crippen molar-refractivity contribution in [1.29, 1.82) is 0 Å². The lowest BCUT2D eigenvalue weighted by Gasteiger charge is -2.24. The van der Waals surface area contributed by atoms with Crippen LogP contribution >= 0.6 is 11.6 Å². The molecule has 192 valence electrons. The Morgan fingerprint density at radius 3 is 2.53 bits per heavy atom. The van der Waals surface area contributed by atoms with Gasteiger partial charge in [-0.2, -0.15) is 0 Å². The molecule has 2 N–H and O–H groups in total. The first-order chi connectivity index (χ1) is 17.3. The molecule has 10 nitrogen and oxygen atoms in total. The van der Waals surface area contributed by atoms with Crippen molar-refractivity contribution < 1.29 is 38.1 Å². The number of benzene rings is 2. The number of esters is 1. The molecule has 0 saturated carbocycles. The highest BCUT2D eigenvalue weighted by Gasteiger charge is 2.35. The highest BCUT2D eigenvalue weighted by atomic mass is 35.5. The number of para-hydroxylation sites is 1. The van der Waals surface area contributed by atoms with E-state index in [-0.39, 0.29) is 31.6 Å². The van der Waals surface area contributed by atoms with Crippen molar-refractivity contribution in [3.63, 3.8) is 0 Å². The predicted molar refractivity (Wildman–Crippen MR) is 130 cm³/mol. The van der Waals surface area contributed by atoms with Crippen molar-refractivity contribution in [3.8, 4) is 11.5 Å². The Morgan fingerprint density at radius 2 is 1.83 bits per heavy atom. The fourth-order valence-electron chi connectivity index (χ4n) is 3.75. The van der Waals surface area contributed by atoms with Gasteiger partial charge in [-0.1, -0.05) is 23.7 Å². The number of ether oxygens (including phenoxy) is 4. The molecule has 1 aliphatic rings. The average molecular weight is 519 g/mol. The Hall–Kier alpha value is -3.63. The van der Waals surface area contributed by atoms with Gasteiger partial charge in [0.25, 0.3) is 5.91 Å². The van der Waals surface area contributed by atoms with Gasteiger partial charge in [-0.05, 0) is 24.3 Å². The lowest BCUT2D eigenvalue weighted by molar-refractivity contribution is -0.142. The molecule has 36 heavy (non-hydrogen) atoms. The SMILES string of the molecule is COC(=O)CCC(=O)CNC(=O)C[C@H]1O[C@H](c2cccc(OC)c2OC)c2cc(Cl)ccc2NC1=O. The van der Waals surface area contributed by atoms with Crippen molar-refractivity contribution in [2.75, 3.05) is 33.2 Å². The molecule has 0 saturated heterocycles. The molecule has 0 spiro atoms. The van der Waals surface area contributed by atoms with E-state index in [2.05, 4.69) is 15.4 Å². The van der Waals surface area contributed by atoms with Crippen LogP contribution in [0.25, 0.3) is 0 Å². The van der Waals surface area contributed by atoms with Gasteiger partial charge in [-0.25, -0.2) is 0 Å². The van der Waals surface area contributed by atoms with Crippen LogP contribution < -0.4 is 20.1 Å². The van der Waals surface area contributed by atoms with E-state index < -0.39 is 30.0 Å². The fourth-order valence-corrected chi connectivity index (χ4v) is 3.93. The largest absolute Gasteiger partial charge is 0.493 e. The summed E-state index contributed by atoms with van der Waals surface area (Å²) in [5, 5.41) is 5.68. The lowest BCUT2D eigenvalue weighted by Crippen LogP contribution is -2.37. The molecule has 0 aliphatic carbocycles. The number of carbonyl (C=O) groups excluding carboxylic acids is 4. The van der Waals surface area contributed by atoms with Crippen LogP contribution in [-0.4, -0.2) is 57.5 Å². The van der Waals surface area contributed by atoms with E-state index in [0.717, 1.165) is 0 Å². The van der Waals surface area contributed by atoms with Gasteiger partial charge in [0.05, 0.1) is 40.7 Å². The van der Waals surface area contributed by atoms with Gasteiger partial charge in [0, 0.05) is 28.3 Å². The smallest absolute Gasteiger partial charge is 0.305 e. The second-order valence-corrected chi connectivity index (χ2v) is 8.34. The number of rotatable bonds is 10. The average Bonchev–Trinajstić information content (AvgIpc) is 3.01. The van der Waals surface area contributed by atoms with Crippen LogP contribution in [0.5, 0.6) is 11.5 Å². The zero-order chi connectivity index (χ0) is 26.2. The van der Waals surface area contributed by atoms with Crippen LogP contribution in [0.2, 0.25) is 5.02 Å². The first kappa shape index (κ1) is 27.0. The van der Waals surface area contributed by atoms with Crippen LogP contribution in [0.3, 0.4) is 0 Å². The van der Waals surface area contributed by atoms with Gasteiger partial charge >= 0.3 is 5.97 Å². The van der Waals surface area contributed by atoms with Crippen molar-refractivity contribution in [3.05, 3.63) is 52.5 Å². The maximum atomic E-state index is 13.0. The van der Waals surface area contributed by atoms with E-state index in [4.69, 9.17) is 25.8 Å². The summed E-state index contributed by atoms with van der Waals surface area (Å²) in [4.78, 5) is 48.7. The monoisotopic (exact) mass is 518 g/mol. The number of methoxy groups -OCH3 is 3. The standard InChI is InChI=1S/C25H27ClN2O8/c1-33-19-6-4-5-16(24(19)35-3)23-17-11-14(26)7-9-18(17)28-25(32)20(36-23)12-21(30)27-13-15(29)8-10-22(31)34-2/h4-7,9,11,20,23H,8,10,12-13H2,1-3H3,(H,27,30)(H,28,32)/t20-,23-/m1/s1. The van der Waals surface area contributed by atoms with Gasteiger partial charge in [0.2, 0.25) is 5.91 Å². The van der Waals surface area contributed by atoms with Crippen LogP contribution in [-0.2, 0) is 28.7 Å². The van der Waals surface area contributed by atoms with Gasteiger partial charge in [-0.3, -0.25) is 19.2 Å². The number of nitrogens with one attached hydrogen (secondary N) is 2. The molecule has 0 aromatic heterocycles. The number of hydrogen-bond donors (Lipinski definition) is 2. The Kier molecular flexibility index (Phi) is 9.26.